The monoisotopic (exact) mass is 405 g/mol. The van der Waals surface area contributed by atoms with Crippen LogP contribution in [-0.2, 0) is 11.3 Å². The van der Waals surface area contributed by atoms with Gasteiger partial charge in [0.15, 0.2) is 11.5 Å². The molecule has 3 rings (SSSR count). The van der Waals surface area contributed by atoms with Crippen LogP contribution < -0.4 is 14.2 Å². The van der Waals surface area contributed by atoms with Gasteiger partial charge in [0.2, 0.25) is 11.7 Å². The Bertz CT molecular complexity index is 668. The average molecular weight is 406 g/mol. The predicted molar refractivity (Wildman–Crippen MR) is 113 cm³/mol. The first-order valence-electron chi connectivity index (χ1n) is 10.7. The number of carbonyl (C=O) groups is 1. The van der Waals surface area contributed by atoms with Crippen molar-refractivity contribution in [2.24, 2.45) is 0 Å². The van der Waals surface area contributed by atoms with Crippen LogP contribution in [0.25, 0.3) is 0 Å². The van der Waals surface area contributed by atoms with Crippen LogP contribution in [0.3, 0.4) is 0 Å². The summed E-state index contributed by atoms with van der Waals surface area (Å²) in [5.74, 6) is 2.38. The fourth-order valence-electron chi connectivity index (χ4n) is 4.25. The van der Waals surface area contributed by atoms with Crippen molar-refractivity contribution in [2.75, 3.05) is 67.1 Å². The highest BCUT2D eigenvalue weighted by Gasteiger charge is 2.22. The normalized spacial score (nSPS) is 18.5. The number of amides is 1. The molecule has 2 saturated heterocycles. The number of hydrogen-bond acceptors (Lipinski definition) is 6. The van der Waals surface area contributed by atoms with Gasteiger partial charge >= 0.3 is 0 Å². The molecule has 0 aromatic heterocycles. The molecule has 1 amide bonds. The predicted octanol–water partition coefficient (Wildman–Crippen LogP) is 2.23. The van der Waals surface area contributed by atoms with Crippen LogP contribution in [0.2, 0.25) is 0 Å². The number of ether oxygens (including phenoxy) is 3. The van der Waals surface area contributed by atoms with Crippen LogP contribution in [0, 0.1) is 0 Å². The van der Waals surface area contributed by atoms with Crippen molar-refractivity contribution >= 4 is 5.91 Å². The highest BCUT2D eigenvalue weighted by Crippen LogP contribution is 2.40. The number of piperidine rings is 1. The third-order valence-electron chi connectivity index (χ3n) is 6.00. The topological polar surface area (TPSA) is 54.5 Å². The van der Waals surface area contributed by atoms with Gasteiger partial charge < -0.3 is 24.0 Å². The number of likely N-dealkylation sites (tertiary alicyclic amines) is 1. The lowest BCUT2D eigenvalue weighted by Gasteiger charge is -2.35. The third-order valence-corrected chi connectivity index (χ3v) is 6.00. The van der Waals surface area contributed by atoms with Crippen molar-refractivity contribution in [1.29, 1.82) is 0 Å². The summed E-state index contributed by atoms with van der Waals surface area (Å²) < 4.78 is 16.5. The summed E-state index contributed by atoms with van der Waals surface area (Å²) in [5.41, 5.74) is 1.10. The SMILES string of the molecule is COc1ccc(CN2CCN(CCC(=O)N3CCCCC3)CC2)c(OC)c1OC. The molecule has 2 aliphatic heterocycles. The number of methoxy groups -OCH3 is 3. The molecule has 1 aromatic rings. The van der Waals surface area contributed by atoms with Crippen molar-refractivity contribution in [1.82, 2.24) is 14.7 Å². The van der Waals surface area contributed by atoms with E-state index in [-0.39, 0.29) is 0 Å². The van der Waals surface area contributed by atoms with Gasteiger partial charge in [0.25, 0.3) is 0 Å². The molecule has 0 aliphatic carbocycles. The maximum atomic E-state index is 12.4. The summed E-state index contributed by atoms with van der Waals surface area (Å²) in [7, 11) is 4.93. The van der Waals surface area contributed by atoms with E-state index in [9.17, 15) is 4.79 Å². The van der Waals surface area contributed by atoms with E-state index in [0.29, 0.717) is 23.8 Å². The standard InChI is InChI=1S/C22H35N3O4/c1-27-19-8-7-18(21(28-2)22(19)29-3)17-24-15-13-23(14-16-24)12-9-20(26)25-10-5-4-6-11-25/h7-8H,4-6,9-17H2,1-3H3. The molecule has 0 saturated carbocycles. The zero-order valence-electron chi connectivity index (χ0n) is 18.1. The number of rotatable bonds is 8. The molecule has 2 aliphatic rings. The van der Waals surface area contributed by atoms with E-state index < -0.39 is 0 Å². The molecule has 7 nitrogen and oxygen atoms in total. The quantitative estimate of drug-likeness (QED) is 0.661. The maximum absolute atomic E-state index is 12.4. The minimum atomic E-state index is 0.321. The zero-order valence-corrected chi connectivity index (χ0v) is 18.1. The second kappa shape index (κ2) is 10.7. The van der Waals surface area contributed by atoms with E-state index in [1.54, 1.807) is 21.3 Å². The van der Waals surface area contributed by atoms with Gasteiger partial charge in [0.1, 0.15) is 0 Å². The summed E-state index contributed by atoms with van der Waals surface area (Å²) in [4.78, 5) is 19.3. The molecular weight excluding hydrogens is 370 g/mol. The Morgan fingerprint density at radius 1 is 0.828 bits per heavy atom. The number of benzene rings is 1. The van der Waals surface area contributed by atoms with Crippen molar-refractivity contribution in [3.63, 3.8) is 0 Å². The maximum Gasteiger partial charge on any atom is 0.223 e. The molecular formula is C22H35N3O4. The fraction of sp³-hybridized carbons (Fsp3) is 0.682. The molecule has 2 fully saturated rings. The fourth-order valence-corrected chi connectivity index (χ4v) is 4.25. The van der Waals surface area contributed by atoms with Crippen LogP contribution in [0.15, 0.2) is 12.1 Å². The van der Waals surface area contributed by atoms with E-state index in [4.69, 9.17) is 14.2 Å². The van der Waals surface area contributed by atoms with Gasteiger partial charge in [-0.3, -0.25) is 9.69 Å². The Morgan fingerprint density at radius 3 is 2.10 bits per heavy atom. The smallest absolute Gasteiger partial charge is 0.223 e. The molecule has 0 unspecified atom stereocenters. The van der Waals surface area contributed by atoms with Gasteiger partial charge in [0.05, 0.1) is 21.3 Å². The van der Waals surface area contributed by atoms with Gasteiger partial charge in [-0.05, 0) is 25.3 Å². The molecule has 29 heavy (non-hydrogen) atoms. The molecule has 1 aromatic carbocycles. The summed E-state index contributed by atoms with van der Waals surface area (Å²) in [6.07, 6.45) is 4.22. The molecule has 0 N–H and O–H groups in total. The van der Waals surface area contributed by atoms with E-state index in [1.165, 1.54) is 6.42 Å². The molecule has 0 radical (unpaired) electrons. The van der Waals surface area contributed by atoms with Crippen molar-refractivity contribution < 1.29 is 19.0 Å². The number of hydrogen-bond donors (Lipinski definition) is 0. The highest BCUT2D eigenvalue weighted by molar-refractivity contribution is 5.76. The second-order valence-corrected chi connectivity index (χ2v) is 7.80. The second-order valence-electron chi connectivity index (χ2n) is 7.80. The van der Waals surface area contributed by atoms with E-state index >= 15 is 0 Å². The average Bonchev–Trinajstić information content (AvgIpc) is 2.78. The molecule has 0 spiro atoms. The van der Waals surface area contributed by atoms with Crippen molar-refractivity contribution in [3.8, 4) is 17.2 Å². The lowest BCUT2D eigenvalue weighted by Crippen LogP contribution is -2.47. The first-order valence-corrected chi connectivity index (χ1v) is 10.7. The largest absolute Gasteiger partial charge is 0.493 e. The first-order chi connectivity index (χ1) is 14.2. The van der Waals surface area contributed by atoms with Crippen molar-refractivity contribution in [3.05, 3.63) is 17.7 Å². The van der Waals surface area contributed by atoms with E-state index in [2.05, 4.69) is 9.80 Å². The molecule has 162 valence electrons. The summed E-state index contributed by atoms with van der Waals surface area (Å²) in [6.45, 7) is 7.50. The minimum absolute atomic E-state index is 0.321. The Labute approximate surface area is 174 Å². The molecule has 0 bridgehead atoms. The van der Waals surface area contributed by atoms with Gasteiger partial charge in [-0.2, -0.15) is 0 Å². The lowest BCUT2D eigenvalue weighted by atomic mass is 10.1. The molecule has 0 atom stereocenters. The van der Waals surface area contributed by atoms with E-state index in [0.717, 1.165) is 76.5 Å². The van der Waals surface area contributed by atoms with Gasteiger partial charge in [0, 0.05) is 64.3 Å². The van der Waals surface area contributed by atoms with Gasteiger partial charge in [-0.1, -0.05) is 6.07 Å². The summed E-state index contributed by atoms with van der Waals surface area (Å²) in [6, 6.07) is 3.98. The molecule has 7 heteroatoms. The van der Waals surface area contributed by atoms with Crippen LogP contribution in [-0.4, -0.2) is 87.7 Å². The number of piperazine rings is 1. The Morgan fingerprint density at radius 2 is 1.48 bits per heavy atom. The lowest BCUT2D eigenvalue weighted by molar-refractivity contribution is -0.132. The van der Waals surface area contributed by atoms with Crippen LogP contribution in [0.4, 0.5) is 0 Å². The Kier molecular flexibility index (Phi) is 8.00. The van der Waals surface area contributed by atoms with E-state index in [1.807, 2.05) is 17.0 Å². The third kappa shape index (κ3) is 5.54. The summed E-state index contributed by atoms with van der Waals surface area (Å²) >= 11 is 0. The molecule has 2 heterocycles. The van der Waals surface area contributed by atoms with Gasteiger partial charge in [-0.15, -0.1) is 0 Å². The summed E-state index contributed by atoms with van der Waals surface area (Å²) in [5, 5.41) is 0. The minimum Gasteiger partial charge on any atom is -0.493 e. The number of carbonyl (C=O) groups excluding carboxylic acids is 1. The first kappa shape index (κ1) is 21.7. The Balaban J connectivity index is 1.48. The highest BCUT2D eigenvalue weighted by atomic mass is 16.5. The zero-order chi connectivity index (χ0) is 20.6. The van der Waals surface area contributed by atoms with Gasteiger partial charge in [-0.25, -0.2) is 0 Å². The van der Waals surface area contributed by atoms with Crippen LogP contribution >= 0.6 is 0 Å². The Hall–Kier alpha value is -1.99. The van der Waals surface area contributed by atoms with Crippen molar-refractivity contribution in [2.45, 2.75) is 32.2 Å². The van der Waals surface area contributed by atoms with Crippen LogP contribution in [0.5, 0.6) is 17.2 Å². The number of nitrogens with zero attached hydrogens (tertiary/aromatic N) is 3. The van der Waals surface area contributed by atoms with Crippen LogP contribution in [0.1, 0.15) is 31.2 Å².